The molecule has 1 fully saturated rings. The number of amides is 1. The molecule has 0 radical (unpaired) electrons. The van der Waals surface area contributed by atoms with Crippen LogP contribution in [0.3, 0.4) is 0 Å². The first-order valence-corrected chi connectivity index (χ1v) is 7.16. The summed E-state index contributed by atoms with van der Waals surface area (Å²) in [6, 6.07) is 0. The fourth-order valence-corrected chi connectivity index (χ4v) is 2.16. The molecule has 20 heavy (non-hydrogen) atoms. The number of rotatable bonds is 6. The third-order valence-corrected chi connectivity index (χ3v) is 3.50. The summed E-state index contributed by atoms with van der Waals surface area (Å²) in [5, 5.41) is 16.6. The van der Waals surface area contributed by atoms with E-state index in [0.29, 0.717) is 12.2 Å². The highest BCUT2D eigenvalue weighted by Gasteiger charge is 2.17. The van der Waals surface area contributed by atoms with Crippen molar-refractivity contribution in [3.63, 3.8) is 0 Å². The van der Waals surface area contributed by atoms with Gasteiger partial charge in [0, 0.05) is 12.8 Å². The molecule has 6 heteroatoms. The minimum Gasteiger partial charge on any atom is -0.392 e. The van der Waals surface area contributed by atoms with Gasteiger partial charge in [-0.25, -0.2) is 0 Å². The van der Waals surface area contributed by atoms with E-state index in [1.165, 1.54) is 0 Å². The molecule has 6 nitrogen and oxygen atoms in total. The van der Waals surface area contributed by atoms with E-state index in [1.54, 1.807) is 17.1 Å². The van der Waals surface area contributed by atoms with Gasteiger partial charge in [0.25, 0.3) is 0 Å². The maximum absolute atomic E-state index is 11.7. The smallest absolute Gasteiger partial charge is 0.227 e. The Balaban J connectivity index is 1.81. The van der Waals surface area contributed by atoms with Crippen molar-refractivity contribution in [1.29, 1.82) is 0 Å². The number of ether oxygens (including phenoxy) is 1. The normalized spacial score (nSPS) is 20.3. The molecular formula is C14H23N3O3. The summed E-state index contributed by atoms with van der Waals surface area (Å²) in [7, 11) is 0. The van der Waals surface area contributed by atoms with Gasteiger partial charge in [-0.1, -0.05) is 13.8 Å². The highest BCUT2D eigenvalue weighted by Crippen LogP contribution is 2.15. The molecular weight excluding hydrogens is 258 g/mol. The zero-order chi connectivity index (χ0) is 14.5. The quantitative estimate of drug-likeness (QED) is 0.826. The Hall–Kier alpha value is -1.40. The van der Waals surface area contributed by atoms with Crippen molar-refractivity contribution in [2.24, 2.45) is 5.92 Å². The number of nitrogens with zero attached hydrogens (tertiary/aromatic N) is 2. The number of nitrogens with one attached hydrogen (secondary N) is 1. The van der Waals surface area contributed by atoms with Crippen molar-refractivity contribution in [2.45, 2.75) is 51.9 Å². The van der Waals surface area contributed by atoms with Crippen LogP contribution in [0.2, 0.25) is 0 Å². The number of hydrogen-bond donors (Lipinski definition) is 2. The molecule has 1 amide bonds. The Kier molecular flexibility index (Phi) is 5.14. The maximum Gasteiger partial charge on any atom is 0.227 e. The second kappa shape index (κ2) is 6.85. The second-order valence-corrected chi connectivity index (χ2v) is 5.65. The van der Waals surface area contributed by atoms with Crippen LogP contribution in [-0.4, -0.2) is 39.6 Å². The highest BCUT2D eigenvalue weighted by molar-refractivity contribution is 5.90. The predicted molar refractivity (Wildman–Crippen MR) is 75.3 cm³/mol. The van der Waals surface area contributed by atoms with E-state index < -0.39 is 6.10 Å². The molecule has 2 rings (SSSR count). The lowest BCUT2D eigenvalue weighted by atomic mass is 10.0. The topological polar surface area (TPSA) is 76.4 Å². The Bertz CT molecular complexity index is 439. The molecule has 0 aromatic carbocycles. The fraction of sp³-hybridized carbons (Fsp3) is 0.714. The van der Waals surface area contributed by atoms with Gasteiger partial charge in [0.2, 0.25) is 5.91 Å². The van der Waals surface area contributed by atoms with Crippen LogP contribution < -0.4 is 5.32 Å². The van der Waals surface area contributed by atoms with Crippen molar-refractivity contribution in [2.75, 3.05) is 11.9 Å². The van der Waals surface area contributed by atoms with Crippen LogP contribution in [0.5, 0.6) is 0 Å². The fourth-order valence-electron chi connectivity index (χ4n) is 2.16. The summed E-state index contributed by atoms with van der Waals surface area (Å²) >= 11 is 0. The molecule has 2 unspecified atom stereocenters. The molecule has 1 saturated heterocycles. The lowest BCUT2D eigenvalue weighted by molar-refractivity contribution is -0.118. The average Bonchev–Trinajstić information content (AvgIpc) is 3.01. The van der Waals surface area contributed by atoms with Gasteiger partial charge in [-0.05, 0) is 18.8 Å². The minimum atomic E-state index is -0.614. The molecule has 1 aromatic heterocycles. The van der Waals surface area contributed by atoms with Gasteiger partial charge >= 0.3 is 0 Å². The summed E-state index contributed by atoms with van der Waals surface area (Å²) in [6.07, 6.45) is 5.29. The van der Waals surface area contributed by atoms with Gasteiger partial charge in [-0.3, -0.25) is 9.48 Å². The van der Waals surface area contributed by atoms with Crippen molar-refractivity contribution < 1.29 is 14.6 Å². The van der Waals surface area contributed by atoms with Crippen LogP contribution >= 0.6 is 0 Å². The van der Waals surface area contributed by atoms with Gasteiger partial charge in [-0.2, -0.15) is 5.10 Å². The van der Waals surface area contributed by atoms with Crippen LogP contribution in [0.15, 0.2) is 12.4 Å². The van der Waals surface area contributed by atoms with Crippen LogP contribution in [0.4, 0.5) is 5.69 Å². The predicted octanol–water partition coefficient (Wildman–Crippen LogP) is 1.41. The molecule has 0 bridgehead atoms. The first-order chi connectivity index (χ1) is 9.54. The largest absolute Gasteiger partial charge is 0.392 e. The molecule has 0 saturated carbocycles. The van der Waals surface area contributed by atoms with Gasteiger partial charge in [0.05, 0.1) is 37.1 Å². The van der Waals surface area contributed by atoms with E-state index in [-0.39, 0.29) is 24.3 Å². The molecule has 112 valence electrons. The van der Waals surface area contributed by atoms with E-state index >= 15 is 0 Å². The summed E-state index contributed by atoms with van der Waals surface area (Å²) in [4.78, 5) is 11.7. The maximum atomic E-state index is 11.7. The molecule has 2 heterocycles. The standard InChI is InChI=1S/C14H23N3O3/c1-10(2)13(18)6-14(19)16-11-7-15-17(8-11)9-12-4-3-5-20-12/h7-8,10,12-13,18H,3-6,9H2,1-2H3,(H,16,19). The number of aliphatic hydroxyl groups excluding tert-OH is 1. The minimum absolute atomic E-state index is 0.0722. The van der Waals surface area contributed by atoms with Crippen molar-refractivity contribution in [3.8, 4) is 0 Å². The number of anilines is 1. The van der Waals surface area contributed by atoms with E-state index in [2.05, 4.69) is 10.4 Å². The number of carbonyl (C=O) groups excluding carboxylic acids is 1. The average molecular weight is 281 g/mol. The van der Waals surface area contributed by atoms with Crippen LogP contribution in [0, 0.1) is 5.92 Å². The molecule has 1 aliphatic heterocycles. The van der Waals surface area contributed by atoms with E-state index in [1.807, 2.05) is 13.8 Å². The summed E-state index contributed by atoms with van der Waals surface area (Å²) < 4.78 is 7.33. The summed E-state index contributed by atoms with van der Waals surface area (Å²) in [6.45, 7) is 5.31. The Morgan fingerprint density at radius 2 is 2.45 bits per heavy atom. The third kappa shape index (κ3) is 4.31. The number of hydrogen-bond acceptors (Lipinski definition) is 4. The van der Waals surface area contributed by atoms with Crippen molar-refractivity contribution in [3.05, 3.63) is 12.4 Å². The van der Waals surface area contributed by atoms with Crippen LogP contribution in [-0.2, 0) is 16.1 Å². The van der Waals surface area contributed by atoms with Crippen molar-refractivity contribution >= 4 is 11.6 Å². The number of aromatic nitrogens is 2. The number of carbonyl (C=O) groups is 1. The van der Waals surface area contributed by atoms with Gasteiger partial charge in [-0.15, -0.1) is 0 Å². The zero-order valence-corrected chi connectivity index (χ0v) is 12.1. The monoisotopic (exact) mass is 281 g/mol. The third-order valence-electron chi connectivity index (χ3n) is 3.50. The molecule has 2 N–H and O–H groups in total. The van der Waals surface area contributed by atoms with Crippen molar-refractivity contribution in [1.82, 2.24) is 9.78 Å². The zero-order valence-electron chi connectivity index (χ0n) is 12.1. The van der Waals surface area contributed by atoms with Gasteiger partial charge in [0.1, 0.15) is 0 Å². The highest BCUT2D eigenvalue weighted by atomic mass is 16.5. The Labute approximate surface area is 119 Å². The Morgan fingerprint density at radius 1 is 1.65 bits per heavy atom. The molecule has 1 aliphatic rings. The molecule has 0 aliphatic carbocycles. The lowest BCUT2D eigenvalue weighted by Crippen LogP contribution is -2.23. The Morgan fingerprint density at radius 3 is 3.10 bits per heavy atom. The number of aliphatic hydroxyl groups is 1. The summed E-state index contributed by atoms with van der Waals surface area (Å²) in [5.74, 6) is -0.120. The molecule has 1 aromatic rings. The first kappa shape index (κ1) is 15.0. The molecule has 0 spiro atoms. The first-order valence-electron chi connectivity index (χ1n) is 7.16. The van der Waals surface area contributed by atoms with Crippen LogP contribution in [0.25, 0.3) is 0 Å². The summed E-state index contributed by atoms with van der Waals surface area (Å²) in [5.41, 5.74) is 0.656. The van der Waals surface area contributed by atoms with Crippen LogP contribution in [0.1, 0.15) is 33.1 Å². The molecule has 2 atom stereocenters. The second-order valence-electron chi connectivity index (χ2n) is 5.65. The van der Waals surface area contributed by atoms with Gasteiger partial charge in [0.15, 0.2) is 0 Å². The SMILES string of the molecule is CC(C)C(O)CC(=O)Nc1cnn(CC2CCCO2)c1. The van der Waals surface area contributed by atoms with E-state index in [0.717, 1.165) is 19.4 Å². The van der Waals surface area contributed by atoms with E-state index in [4.69, 9.17) is 4.74 Å². The van der Waals surface area contributed by atoms with E-state index in [9.17, 15) is 9.90 Å². The lowest BCUT2D eigenvalue weighted by Gasteiger charge is -2.13. The van der Waals surface area contributed by atoms with Gasteiger partial charge < -0.3 is 15.2 Å².